The normalized spacial score (nSPS) is 26.4. The van der Waals surface area contributed by atoms with E-state index in [1.54, 1.807) is 0 Å². The lowest BCUT2D eigenvalue weighted by Crippen LogP contribution is -2.58. The van der Waals surface area contributed by atoms with Gasteiger partial charge < -0.3 is 5.32 Å². The van der Waals surface area contributed by atoms with Gasteiger partial charge in [0.05, 0.1) is 0 Å². The number of nitrogens with one attached hydrogen (secondary N) is 1. The molecule has 1 heterocycles. The third-order valence-corrected chi connectivity index (χ3v) is 4.74. The first-order valence-corrected chi connectivity index (χ1v) is 7.97. The van der Waals surface area contributed by atoms with Crippen molar-refractivity contribution in [2.24, 2.45) is 5.41 Å². The van der Waals surface area contributed by atoms with Gasteiger partial charge in [-0.25, -0.2) is 0 Å². The topological polar surface area (TPSA) is 15.3 Å². The highest BCUT2D eigenvalue weighted by molar-refractivity contribution is 5.20. The molecule has 1 fully saturated rings. The summed E-state index contributed by atoms with van der Waals surface area (Å²) >= 11 is 0. The number of rotatable bonds is 3. The summed E-state index contributed by atoms with van der Waals surface area (Å²) in [6, 6.07) is 12.6. The van der Waals surface area contributed by atoms with Crippen LogP contribution in [-0.4, -0.2) is 30.1 Å². The molecule has 0 saturated carbocycles. The maximum absolute atomic E-state index is 3.77. The first-order chi connectivity index (χ1) is 9.43. The van der Waals surface area contributed by atoms with E-state index in [0.29, 0.717) is 23.5 Å². The number of nitrogens with zero attached hydrogens (tertiary/aromatic N) is 1. The second kappa shape index (κ2) is 6.28. The van der Waals surface area contributed by atoms with Crippen molar-refractivity contribution in [2.75, 3.05) is 13.1 Å². The third kappa shape index (κ3) is 3.42. The zero-order valence-electron chi connectivity index (χ0n) is 13.7. The molecule has 2 nitrogen and oxygen atoms in total. The maximum Gasteiger partial charge on any atom is 0.0476 e. The van der Waals surface area contributed by atoms with Gasteiger partial charge in [0.25, 0.3) is 0 Å². The standard InChI is InChI=1S/C18H30N2/c1-6-14(2)20-13-17(18(3,4)5)19-12-16(20)15-10-8-7-9-11-15/h7-11,14,16-17,19H,6,12-13H2,1-5H3. The Balaban J connectivity index is 2.21. The van der Waals surface area contributed by atoms with E-state index in [0.717, 1.165) is 13.1 Å². The van der Waals surface area contributed by atoms with E-state index in [4.69, 9.17) is 0 Å². The van der Waals surface area contributed by atoms with E-state index < -0.39 is 0 Å². The SMILES string of the molecule is CCC(C)N1CC(C(C)(C)C)NCC1c1ccccc1. The Bertz CT molecular complexity index is 407. The third-order valence-electron chi connectivity index (χ3n) is 4.74. The molecule has 1 aromatic carbocycles. The van der Waals surface area contributed by atoms with E-state index in [-0.39, 0.29) is 0 Å². The summed E-state index contributed by atoms with van der Waals surface area (Å²) in [5, 5.41) is 3.77. The molecule has 0 radical (unpaired) electrons. The monoisotopic (exact) mass is 274 g/mol. The van der Waals surface area contributed by atoms with Crippen LogP contribution in [0, 0.1) is 5.41 Å². The van der Waals surface area contributed by atoms with Gasteiger partial charge in [-0.1, -0.05) is 58.0 Å². The molecule has 0 spiro atoms. The maximum atomic E-state index is 3.77. The van der Waals surface area contributed by atoms with Crippen LogP contribution in [0.1, 0.15) is 52.6 Å². The van der Waals surface area contributed by atoms with Gasteiger partial charge in [0, 0.05) is 31.2 Å². The predicted octanol–water partition coefficient (Wildman–Crippen LogP) is 3.85. The zero-order chi connectivity index (χ0) is 14.8. The van der Waals surface area contributed by atoms with E-state index in [1.165, 1.54) is 12.0 Å². The molecule has 0 aromatic heterocycles. The summed E-state index contributed by atoms with van der Waals surface area (Å²) in [5.74, 6) is 0. The molecule has 112 valence electrons. The minimum absolute atomic E-state index is 0.313. The predicted molar refractivity (Wildman–Crippen MR) is 86.9 cm³/mol. The smallest absolute Gasteiger partial charge is 0.0476 e. The lowest BCUT2D eigenvalue weighted by molar-refractivity contribution is 0.0533. The Morgan fingerprint density at radius 3 is 2.45 bits per heavy atom. The zero-order valence-corrected chi connectivity index (χ0v) is 13.7. The van der Waals surface area contributed by atoms with Gasteiger partial charge in [0.15, 0.2) is 0 Å². The Morgan fingerprint density at radius 1 is 1.25 bits per heavy atom. The first kappa shape index (κ1) is 15.5. The highest BCUT2D eigenvalue weighted by Gasteiger charge is 2.36. The Labute approximate surface area is 124 Å². The van der Waals surface area contributed by atoms with Gasteiger partial charge in [-0.15, -0.1) is 0 Å². The first-order valence-electron chi connectivity index (χ1n) is 7.97. The second-order valence-corrected chi connectivity index (χ2v) is 7.21. The summed E-state index contributed by atoms with van der Waals surface area (Å²) in [6.07, 6.45) is 1.21. The molecular formula is C18H30N2. The molecule has 1 saturated heterocycles. The highest BCUT2D eigenvalue weighted by Crippen LogP contribution is 2.31. The minimum atomic E-state index is 0.313. The van der Waals surface area contributed by atoms with Crippen molar-refractivity contribution in [3.05, 3.63) is 35.9 Å². The van der Waals surface area contributed by atoms with E-state index in [2.05, 4.69) is 75.2 Å². The van der Waals surface area contributed by atoms with Crippen molar-refractivity contribution in [2.45, 2.75) is 59.2 Å². The Kier molecular flexibility index (Phi) is 4.87. The summed E-state index contributed by atoms with van der Waals surface area (Å²) in [7, 11) is 0. The van der Waals surface area contributed by atoms with Gasteiger partial charge in [-0.2, -0.15) is 0 Å². The average Bonchev–Trinajstić information content (AvgIpc) is 2.45. The van der Waals surface area contributed by atoms with E-state index in [9.17, 15) is 0 Å². The minimum Gasteiger partial charge on any atom is -0.310 e. The molecule has 0 aliphatic carbocycles. The van der Waals surface area contributed by atoms with Crippen LogP contribution >= 0.6 is 0 Å². The molecule has 2 heteroatoms. The molecular weight excluding hydrogens is 244 g/mol. The summed E-state index contributed by atoms with van der Waals surface area (Å²) in [4.78, 5) is 2.70. The van der Waals surface area contributed by atoms with Crippen LogP contribution in [0.5, 0.6) is 0 Å². The van der Waals surface area contributed by atoms with E-state index in [1.807, 2.05) is 0 Å². The lowest BCUT2D eigenvalue weighted by Gasteiger charge is -2.47. The molecule has 20 heavy (non-hydrogen) atoms. The van der Waals surface area contributed by atoms with Crippen molar-refractivity contribution in [3.63, 3.8) is 0 Å². The molecule has 0 bridgehead atoms. The fourth-order valence-electron chi connectivity index (χ4n) is 3.06. The quantitative estimate of drug-likeness (QED) is 0.900. The molecule has 1 aliphatic heterocycles. The van der Waals surface area contributed by atoms with Crippen LogP contribution in [0.4, 0.5) is 0 Å². The number of hydrogen-bond donors (Lipinski definition) is 1. The van der Waals surface area contributed by atoms with Gasteiger partial charge in [0.1, 0.15) is 0 Å². The van der Waals surface area contributed by atoms with Crippen LogP contribution < -0.4 is 5.32 Å². The molecule has 0 amide bonds. The number of hydrogen-bond acceptors (Lipinski definition) is 2. The number of benzene rings is 1. The van der Waals surface area contributed by atoms with Crippen molar-refractivity contribution in [3.8, 4) is 0 Å². The molecule has 1 aliphatic rings. The van der Waals surface area contributed by atoms with Gasteiger partial charge in [-0.05, 0) is 24.3 Å². The second-order valence-electron chi connectivity index (χ2n) is 7.21. The average molecular weight is 274 g/mol. The van der Waals surface area contributed by atoms with Crippen LogP contribution in [0.3, 0.4) is 0 Å². The lowest BCUT2D eigenvalue weighted by atomic mass is 9.83. The van der Waals surface area contributed by atoms with E-state index >= 15 is 0 Å². The highest BCUT2D eigenvalue weighted by atomic mass is 15.3. The summed E-state index contributed by atoms with van der Waals surface area (Å²) in [5.41, 5.74) is 1.75. The van der Waals surface area contributed by atoms with Gasteiger partial charge in [-0.3, -0.25) is 4.90 Å². The van der Waals surface area contributed by atoms with Crippen molar-refractivity contribution >= 4 is 0 Å². The van der Waals surface area contributed by atoms with Crippen LogP contribution in [0.25, 0.3) is 0 Å². The fraction of sp³-hybridized carbons (Fsp3) is 0.667. The summed E-state index contributed by atoms with van der Waals surface area (Å²) < 4.78 is 0. The molecule has 3 unspecified atom stereocenters. The molecule has 3 atom stereocenters. The number of piperazine rings is 1. The van der Waals surface area contributed by atoms with Crippen molar-refractivity contribution < 1.29 is 0 Å². The van der Waals surface area contributed by atoms with Crippen LogP contribution in [0.2, 0.25) is 0 Å². The summed E-state index contributed by atoms with van der Waals surface area (Å²) in [6.45, 7) is 13.9. The Morgan fingerprint density at radius 2 is 1.90 bits per heavy atom. The van der Waals surface area contributed by atoms with Crippen molar-refractivity contribution in [1.82, 2.24) is 10.2 Å². The molecule has 1 aromatic rings. The molecule has 2 rings (SSSR count). The molecule has 1 N–H and O–H groups in total. The Hall–Kier alpha value is -0.860. The van der Waals surface area contributed by atoms with Crippen molar-refractivity contribution in [1.29, 1.82) is 0 Å². The largest absolute Gasteiger partial charge is 0.310 e. The van der Waals surface area contributed by atoms with Gasteiger partial charge in [0.2, 0.25) is 0 Å². The van der Waals surface area contributed by atoms with Gasteiger partial charge >= 0.3 is 0 Å². The fourth-order valence-corrected chi connectivity index (χ4v) is 3.06. The van der Waals surface area contributed by atoms with Crippen LogP contribution in [-0.2, 0) is 0 Å². The van der Waals surface area contributed by atoms with Crippen LogP contribution in [0.15, 0.2) is 30.3 Å².